The van der Waals surface area contributed by atoms with Gasteiger partial charge in [0.2, 0.25) is 0 Å². The average Bonchev–Trinajstić information content (AvgIpc) is 2.47. The minimum Gasteiger partial charge on any atom is -0.365 e. The Hall–Kier alpha value is -2.08. The normalized spacial score (nSPS) is 10.7. The highest BCUT2D eigenvalue weighted by atomic mass is 79.9. The molecule has 0 saturated carbocycles. The van der Waals surface area contributed by atoms with Crippen molar-refractivity contribution in [1.82, 2.24) is 19.9 Å². The Morgan fingerprint density at radius 1 is 1.10 bits per heavy atom. The quantitative estimate of drug-likeness (QED) is 0.799. The van der Waals surface area contributed by atoms with E-state index < -0.39 is 0 Å². The molecule has 0 unspecified atom stereocenters. The number of pyridine rings is 2. The van der Waals surface area contributed by atoms with E-state index in [-0.39, 0.29) is 0 Å². The van der Waals surface area contributed by atoms with Gasteiger partial charge in [0.1, 0.15) is 12.1 Å². The molecule has 0 atom stereocenters. The number of aromatic nitrogens is 4. The van der Waals surface area contributed by atoms with Crippen LogP contribution in [0, 0.1) is 6.92 Å². The Bertz CT molecular complexity index is 742. The zero-order chi connectivity index (χ0) is 13.9. The van der Waals surface area contributed by atoms with Gasteiger partial charge in [0, 0.05) is 29.1 Å². The summed E-state index contributed by atoms with van der Waals surface area (Å²) in [6.45, 7) is 2.63. The van der Waals surface area contributed by atoms with Gasteiger partial charge in [0.15, 0.2) is 5.65 Å². The number of anilines is 1. The molecule has 0 fully saturated rings. The first-order valence-corrected chi connectivity index (χ1v) is 6.93. The number of rotatable bonds is 3. The zero-order valence-corrected chi connectivity index (χ0v) is 12.4. The van der Waals surface area contributed by atoms with Crippen molar-refractivity contribution in [2.75, 3.05) is 5.32 Å². The highest BCUT2D eigenvalue weighted by molar-refractivity contribution is 9.10. The lowest BCUT2D eigenvalue weighted by molar-refractivity contribution is 1.06. The maximum Gasteiger partial charge on any atom is 0.164 e. The van der Waals surface area contributed by atoms with Gasteiger partial charge in [-0.15, -0.1) is 0 Å². The number of fused-ring (bicyclic) bond motifs is 1. The molecule has 0 spiro atoms. The third-order valence-corrected chi connectivity index (χ3v) is 3.32. The number of nitrogens with one attached hydrogen (secondary N) is 1. The second-order valence-corrected chi connectivity index (χ2v) is 5.32. The lowest BCUT2D eigenvalue weighted by Crippen LogP contribution is -2.03. The first kappa shape index (κ1) is 12.9. The number of aryl methyl sites for hydroxylation is 1. The second-order valence-electron chi connectivity index (χ2n) is 4.41. The minimum atomic E-state index is 0.659. The standard InChI is InChI=1S/C14H12BrN5/c1-9-2-3-10(5-16-9)6-17-13-12-4-11(15)7-18-14(12)20-8-19-13/h2-5,7-8H,6H2,1H3,(H,17,18,19,20). The maximum absolute atomic E-state index is 4.28. The van der Waals surface area contributed by atoms with Crippen molar-refractivity contribution in [3.05, 3.63) is 52.7 Å². The van der Waals surface area contributed by atoms with Gasteiger partial charge in [0.25, 0.3) is 0 Å². The van der Waals surface area contributed by atoms with Gasteiger partial charge >= 0.3 is 0 Å². The van der Waals surface area contributed by atoms with E-state index in [4.69, 9.17) is 0 Å². The van der Waals surface area contributed by atoms with Crippen LogP contribution in [0.25, 0.3) is 11.0 Å². The summed E-state index contributed by atoms with van der Waals surface area (Å²) in [5.74, 6) is 0.768. The van der Waals surface area contributed by atoms with Crippen molar-refractivity contribution in [2.45, 2.75) is 13.5 Å². The van der Waals surface area contributed by atoms with Crippen molar-refractivity contribution >= 4 is 32.8 Å². The third-order valence-electron chi connectivity index (χ3n) is 2.89. The van der Waals surface area contributed by atoms with E-state index >= 15 is 0 Å². The van der Waals surface area contributed by atoms with Crippen LogP contribution < -0.4 is 5.32 Å². The SMILES string of the molecule is Cc1ccc(CNc2ncnc3ncc(Br)cc23)cn1. The molecule has 3 aromatic rings. The Labute approximate surface area is 124 Å². The van der Waals surface area contributed by atoms with Gasteiger partial charge in [-0.1, -0.05) is 6.07 Å². The number of hydrogen-bond acceptors (Lipinski definition) is 5. The van der Waals surface area contributed by atoms with Gasteiger partial charge in [-0.3, -0.25) is 4.98 Å². The summed E-state index contributed by atoms with van der Waals surface area (Å²) in [5.41, 5.74) is 2.78. The Kier molecular flexibility index (Phi) is 3.56. The lowest BCUT2D eigenvalue weighted by Gasteiger charge is -2.08. The van der Waals surface area contributed by atoms with E-state index in [0.717, 1.165) is 26.9 Å². The molecule has 0 bridgehead atoms. The largest absolute Gasteiger partial charge is 0.365 e. The van der Waals surface area contributed by atoms with Crippen LogP contribution in [0.15, 0.2) is 41.4 Å². The number of nitrogens with zero attached hydrogens (tertiary/aromatic N) is 4. The summed E-state index contributed by atoms with van der Waals surface area (Å²) >= 11 is 3.41. The zero-order valence-electron chi connectivity index (χ0n) is 10.8. The van der Waals surface area contributed by atoms with Crippen LogP contribution in [0.4, 0.5) is 5.82 Å². The smallest absolute Gasteiger partial charge is 0.164 e. The summed E-state index contributed by atoms with van der Waals surface area (Å²) in [6.07, 6.45) is 5.10. The molecule has 0 aromatic carbocycles. The van der Waals surface area contributed by atoms with Gasteiger partial charge in [-0.05, 0) is 40.5 Å². The van der Waals surface area contributed by atoms with Crippen LogP contribution in [-0.2, 0) is 6.54 Å². The molecule has 1 N–H and O–H groups in total. The highest BCUT2D eigenvalue weighted by Crippen LogP contribution is 2.21. The topological polar surface area (TPSA) is 63.6 Å². The molecular weight excluding hydrogens is 318 g/mol. The van der Waals surface area contributed by atoms with Gasteiger partial charge in [-0.25, -0.2) is 15.0 Å². The maximum atomic E-state index is 4.28. The predicted molar refractivity (Wildman–Crippen MR) is 81.3 cm³/mol. The monoisotopic (exact) mass is 329 g/mol. The molecule has 0 aliphatic carbocycles. The van der Waals surface area contributed by atoms with Crippen molar-refractivity contribution in [1.29, 1.82) is 0 Å². The first-order valence-electron chi connectivity index (χ1n) is 6.14. The van der Waals surface area contributed by atoms with Gasteiger partial charge in [0.05, 0.1) is 5.39 Å². The van der Waals surface area contributed by atoms with E-state index in [9.17, 15) is 0 Å². The molecule has 3 aromatic heterocycles. The highest BCUT2D eigenvalue weighted by Gasteiger charge is 2.05. The molecule has 20 heavy (non-hydrogen) atoms. The van der Waals surface area contributed by atoms with E-state index in [1.54, 1.807) is 6.20 Å². The molecule has 0 amide bonds. The van der Waals surface area contributed by atoms with Crippen LogP contribution >= 0.6 is 15.9 Å². The van der Waals surface area contributed by atoms with Gasteiger partial charge < -0.3 is 5.32 Å². The van der Waals surface area contributed by atoms with Gasteiger partial charge in [-0.2, -0.15) is 0 Å². The van der Waals surface area contributed by atoms with Crippen LogP contribution in [0.1, 0.15) is 11.3 Å². The summed E-state index contributed by atoms with van der Waals surface area (Å²) in [4.78, 5) is 17.0. The molecule has 0 saturated heterocycles. The molecule has 3 rings (SSSR count). The molecule has 6 heteroatoms. The predicted octanol–water partition coefficient (Wildman–Crippen LogP) is 3.10. The number of hydrogen-bond donors (Lipinski definition) is 1. The Morgan fingerprint density at radius 3 is 2.80 bits per heavy atom. The van der Waals surface area contributed by atoms with Crippen LogP contribution in [0.2, 0.25) is 0 Å². The van der Waals surface area contributed by atoms with Crippen molar-refractivity contribution in [3.63, 3.8) is 0 Å². The Morgan fingerprint density at radius 2 is 2.00 bits per heavy atom. The van der Waals surface area contributed by atoms with E-state index in [1.165, 1.54) is 6.33 Å². The fourth-order valence-electron chi connectivity index (χ4n) is 1.85. The van der Waals surface area contributed by atoms with E-state index in [0.29, 0.717) is 12.2 Å². The van der Waals surface area contributed by atoms with Crippen LogP contribution in [0.3, 0.4) is 0 Å². The summed E-state index contributed by atoms with van der Waals surface area (Å²) in [7, 11) is 0. The fourth-order valence-corrected chi connectivity index (χ4v) is 2.18. The average molecular weight is 330 g/mol. The first-order chi connectivity index (χ1) is 9.72. The summed E-state index contributed by atoms with van der Waals surface area (Å²) in [6, 6.07) is 6.00. The van der Waals surface area contributed by atoms with Crippen molar-refractivity contribution in [2.24, 2.45) is 0 Å². The third kappa shape index (κ3) is 2.75. The van der Waals surface area contributed by atoms with E-state index in [2.05, 4.69) is 41.2 Å². The van der Waals surface area contributed by atoms with Crippen LogP contribution in [0.5, 0.6) is 0 Å². The summed E-state index contributed by atoms with van der Waals surface area (Å²) in [5, 5.41) is 4.19. The summed E-state index contributed by atoms with van der Waals surface area (Å²) < 4.78 is 0.903. The molecular formula is C14H12BrN5. The molecule has 3 heterocycles. The molecule has 0 radical (unpaired) electrons. The van der Waals surface area contributed by atoms with Crippen molar-refractivity contribution in [3.8, 4) is 0 Å². The molecule has 5 nitrogen and oxygen atoms in total. The Balaban J connectivity index is 1.87. The molecule has 100 valence electrons. The van der Waals surface area contributed by atoms with Crippen molar-refractivity contribution < 1.29 is 0 Å². The number of halogens is 1. The molecule has 0 aliphatic heterocycles. The van der Waals surface area contributed by atoms with Crippen LogP contribution in [-0.4, -0.2) is 19.9 Å². The fraction of sp³-hybridized carbons (Fsp3) is 0.143. The van der Waals surface area contributed by atoms with E-state index in [1.807, 2.05) is 31.3 Å². The lowest BCUT2D eigenvalue weighted by atomic mass is 10.2. The molecule has 0 aliphatic rings. The second kappa shape index (κ2) is 5.50. The minimum absolute atomic E-state index is 0.659.